The predicted molar refractivity (Wildman–Crippen MR) is 93.9 cm³/mol. The highest BCUT2D eigenvalue weighted by Gasteiger charge is 2.19. The van der Waals surface area contributed by atoms with E-state index in [0.717, 1.165) is 32.3 Å². The molecule has 0 saturated carbocycles. The van der Waals surface area contributed by atoms with Crippen LogP contribution in [0.2, 0.25) is 0 Å². The van der Waals surface area contributed by atoms with E-state index in [4.69, 9.17) is 5.73 Å². The molecule has 3 heterocycles. The highest BCUT2D eigenvalue weighted by atomic mass is 79.9. The lowest BCUT2D eigenvalue weighted by Gasteiger charge is -2.18. The molecule has 3 aromatic heterocycles. The molecular formula is C16H18BrN5O. The lowest BCUT2D eigenvalue weighted by molar-refractivity contribution is 0.0628. The Labute approximate surface area is 142 Å². The van der Waals surface area contributed by atoms with Crippen LogP contribution in [-0.2, 0) is 6.54 Å². The number of hydrogen-bond acceptors (Lipinski definition) is 5. The van der Waals surface area contributed by atoms with Gasteiger partial charge >= 0.3 is 0 Å². The molecule has 0 saturated heterocycles. The lowest BCUT2D eigenvalue weighted by atomic mass is 10.1. The van der Waals surface area contributed by atoms with Gasteiger partial charge in [0.25, 0.3) is 0 Å². The number of aromatic nitrogens is 4. The second-order valence-corrected chi connectivity index (χ2v) is 7.08. The molecule has 0 bridgehead atoms. The SMILES string of the molecule is Cc1cnc(N)nc1-c1cn(CC(C)(C)O)c2cnc(Br)cc12. The highest BCUT2D eigenvalue weighted by Crippen LogP contribution is 2.33. The lowest BCUT2D eigenvalue weighted by Crippen LogP contribution is -2.25. The summed E-state index contributed by atoms with van der Waals surface area (Å²) in [6, 6.07) is 1.95. The van der Waals surface area contributed by atoms with Crippen LogP contribution in [0, 0.1) is 6.92 Å². The first-order valence-electron chi connectivity index (χ1n) is 7.21. The van der Waals surface area contributed by atoms with Crippen LogP contribution in [0.5, 0.6) is 0 Å². The van der Waals surface area contributed by atoms with Crippen molar-refractivity contribution in [2.24, 2.45) is 0 Å². The smallest absolute Gasteiger partial charge is 0.220 e. The molecule has 0 aliphatic carbocycles. The molecule has 0 unspecified atom stereocenters. The third-order valence-electron chi connectivity index (χ3n) is 3.54. The number of aryl methyl sites for hydroxylation is 1. The van der Waals surface area contributed by atoms with E-state index in [1.165, 1.54) is 0 Å². The minimum absolute atomic E-state index is 0.238. The Kier molecular flexibility index (Phi) is 3.85. The molecule has 6 nitrogen and oxygen atoms in total. The number of pyridine rings is 1. The van der Waals surface area contributed by atoms with Gasteiger partial charge in [-0.05, 0) is 48.3 Å². The van der Waals surface area contributed by atoms with E-state index in [1.807, 2.05) is 23.8 Å². The summed E-state index contributed by atoms with van der Waals surface area (Å²) in [5.74, 6) is 0.238. The van der Waals surface area contributed by atoms with Gasteiger partial charge in [-0.25, -0.2) is 15.0 Å². The van der Waals surface area contributed by atoms with E-state index in [0.29, 0.717) is 6.54 Å². The van der Waals surface area contributed by atoms with Gasteiger partial charge in [-0.15, -0.1) is 0 Å². The average molecular weight is 376 g/mol. The summed E-state index contributed by atoms with van der Waals surface area (Å²) in [6.45, 7) is 5.95. The van der Waals surface area contributed by atoms with E-state index in [2.05, 4.69) is 30.9 Å². The maximum absolute atomic E-state index is 10.2. The van der Waals surface area contributed by atoms with Crippen LogP contribution in [-0.4, -0.2) is 30.2 Å². The highest BCUT2D eigenvalue weighted by molar-refractivity contribution is 9.10. The Morgan fingerprint density at radius 1 is 1.30 bits per heavy atom. The summed E-state index contributed by atoms with van der Waals surface area (Å²) in [5.41, 5.74) is 8.52. The molecule has 0 radical (unpaired) electrons. The van der Waals surface area contributed by atoms with Gasteiger partial charge in [-0.2, -0.15) is 0 Å². The number of rotatable bonds is 3. The Morgan fingerprint density at radius 2 is 2.04 bits per heavy atom. The molecule has 0 fully saturated rings. The summed E-state index contributed by atoms with van der Waals surface area (Å²) in [6.07, 6.45) is 5.48. The quantitative estimate of drug-likeness (QED) is 0.686. The largest absolute Gasteiger partial charge is 0.389 e. The van der Waals surface area contributed by atoms with Crippen LogP contribution in [0.25, 0.3) is 22.2 Å². The zero-order valence-electron chi connectivity index (χ0n) is 13.2. The van der Waals surface area contributed by atoms with Gasteiger partial charge in [-0.1, -0.05) is 0 Å². The van der Waals surface area contributed by atoms with Crippen molar-refractivity contribution in [3.63, 3.8) is 0 Å². The molecule has 120 valence electrons. The maximum atomic E-state index is 10.2. The second-order valence-electron chi connectivity index (χ2n) is 6.27. The molecule has 7 heteroatoms. The first-order valence-corrected chi connectivity index (χ1v) is 8.00. The van der Waals surface area contributed by atoms with Gasteiger partial charge in [0.05, 0.1) is 29.6 Å². The Hall–Kier alpha value is -1.99. The van der Waals surface area contributed by atoms with Crippen LogP contribution in [0.15, 0.2) is 29.3 Å². The number of nitrogens with two attached hydrogens (primary N) is 1. The third-order valence-corrected chi connectivity index (χ3v) is 3.97. The normalized spacial score (nSPS) is 12.0. The molecule has 0 atom stereocenters. The van der Waals surface area contributed by atoms with Crippen molar-refractivity contribution in [1.82, 2.24) is 19.5 Å². The zero-order chi connectivity index (χ0) is 16.8. The third kappa shape index (κ3) is 3.20. The number of fused-ring (bicyclic) bond motifs is 1. The predicted octanol–water partition coefficient (Wildman–Crippen LogP) is 2.92. The van der Waals surface area contributed by atoms with Crippen molar-refractivity contribution in [3.05, 3.63) is 34.8 Å². The topological polar surface area (TPSA) is 89.8 Å². The molecular weight excluding hydrogens is 358 g/mol. The summed E-state index contributed by atoms with van der Waals surface area (Å²) in [7, 11) is 0. The monoisotopic (exact) mass is 375 g/mol. The van der Waals surface area contributed by atoms with Gasteiger partial charge < -0.3 is 15.4 Å². The number of anilines is 1. The van der Waals surface area contributed by atoms with Crippen molar-refractivity contribution < 1.29 is 5.11 Å². The van der Waals surface area contributed by atoms with E-state index in [9.17, 15) is 5.11 Å². The standard InChI is InChI=1S/C16H18BrN5O/c1-9-5-20-15(18)21-14(9)11-7-22(8-16(2,3)23)12-6-19-13(17)4-10(11)12/h4-7,23H,8H2,1-3H3,(H2,18,20,21). The number of nitrogen functional groups attached to an aromatic ring is 1. The van der Waals surface area contributed by atoms with Gasteiger partial charge in [0.1, 0.15) is 4.60 Å². The van der Waals surface area contributed by atoms with E-state index in [1.54, 1.807) is 26.2 Å². The van der Waals surface area contributed by atoms with Crippen LogP contribution in [0.3, 0.4) is 0 Å². The van der Waals surface area contributed by atoms with Crippen molar-refractivity contribution >= 4 is 32.8 Å². The van der Waals surface area contributed by atoms with E-state index >= 15 is 0 Å². The summed E-state index contributed by atoms with van der Waals surface area (Å²) in [4.78, 5) is 12.7. The van der Waals surface area contributed by atoms with Crippen LogP contribution in [0.1, 0.15) is 19.4 Å². The average Bonchev–Trinajstić information content (AvgIpc) is 2.77. The molecule has 0 aliphatic rings. The van der Waals surface area contributed by atoms with E-state index < -0.39 is 5.60 Å². The number of aliphatic hydroxyl groups is 1. The minimum atomic E-state index is -0.837. The number of hydrogen-bond donors (Lipinski definition) is 2. The number of halogens is 1. The molecule has 3 N–H and O–H groups in total. The van der Waals surface area contributed by atoms with Crippen LogP contribution in [0.4, 0.5) is 5.95 Å². The summed E-state index contributed by atoms with van der Waals surface area (Å²) >= 11 is 3.42. The molecule has 0 aromatic carbocycles. The molecule has 3 aromatic rings. The van der Waals surface area contributed by atoms with Crippen molar-refractivity contribution in [1.29, 1.82) is 0 Å². The second kappa shape index (κ2) is 5.58. The van der Waals surface area contributed by atoms with Crippen LogP contribution >= 0.6 is 15.9 Å². The Bertz CT molecular complexity index is 882. The van der Waals surface area contributed by atoms with Crippen molar-refractivity contribution in [2.45, 2.75) is 32.9 Å². The molecule has 0 aliphatic heterocycles. The number of nitrogens with zero attached hydrogens (tertiary/aromatic N) is 4. The van der Waals surface area contributed by atoms with Gasteiger partial charge in [0, 0.05) is 23.3 Å². The zero-order valence-corrected chi connectivity index (χ0v) is 14.8. The van der Waals surface area contributed by atoms with Gasteiger partial charge in [0.2, 0.25) is 5.95 Å². The fraction of sp³-hybridized carbons (Fsp3) is 0.312. The van der Waals surface area contributed by atoms with Gasteiger partial charge in [-0.3, -0.25) is 0 Å². The van der Waals surface area contributed by atoms with Crippen LogP contribution < -0.4 is 5.73 Å². The van der Waals surface area contributed by atoms with E-state index in [-0.39, 0.29) is 5.95 Å². The minimum Gasteiger partial charge on any atom is -0.389 e. The fourth-order valence-corrected chi connectivity index (χ4v) is 2.96. The first kappa shape index (κ1) is 15.9. The molecule has 0 amide bonds. The van der Waals surface area contributed by atoms with Crippen molar-refractivity contribution in [3.8, 4) is 11.3 Å². The molecule has 0 spiro atoms. The summed E-state index contributed by atoms with van der Waals surface area (Å²) in [5, 5.41) is 11.2. The Morgan fingerprint density at radius 3 is 2.74 bits per heavy atom. The first-order chi connectivity index (χ1) is 10.7. The Balaban J connectivity index is 2.28. The van der Waals surface area contributed by atoms with Crippen molar-refractivity contribution in [2.75, 3.05) is 5.73 Å². The maximum Gasteiger partial charge on any atom is 0.220 e. The molecule has 3 rings (SSSR count). The molecule has 23 heavy (non-hydrogen) atoms. The fourth-order valence-electron chi connectivity index (χ4n) is 2.63. The summed E-state index contributed by atoms with van der Waals surface area (Å²) < 4.78 is 2.73. The van der Waals surface area contributed by atoms with Gasteiger partial charge in [0.15, 0.2) is 0 Å².